The van der Waals surface area contributed by atoms with Crippen LogP contribution < -0.4 is 15.8 Å². The molecule has 0 radical (unpaired) electrons. The summed E-state index contributed by atoms with van der Waals surface area (Å²) in [7, 11) is 5.94. The topological polar surface area (TPSA) is 76.7 Å². The number of unbranched alkanes of at least 4 members (excludes halogenated alkanes) is 1. The van der Waals surface area contributed by atoms with Crippen LogP contribution in [0.5, 0.6) is 5.75 Å². The molecule has 5 heteroatoms. The number of rotatable bonds is 11. The van der Waals surface area contributed by atoms with E-state index in [9.17, 15) is 0 Å². The van der Waals surface area contributed by atoms with Crippen molar-refractivity contribution in [1.82, 2.24) is 5.32 Å². The Kier molecular flexibility index (Phi) is 23.9. The van der Waals surface area contributed by atoms with Gasteiger partial charge in [-0.15, -0.1) is 0 Å². The minimum Gasteiger partial charge on any atom is -0.497 e. The molecular weight excluding hydrogens is 400 g/mol. The van der Waals surface area contributed by atoms with Gasteiger partial charge in [0, 0.05) is 27.9 Å². The van der Waals surface area contributed by atoms with E-state index < -0.39 is 0 Å². The Morgan fingerprint density at radius 2 is 1.41 bits per heavy atom. The lowest BCUT2D eigenvalue weighted by Gasteiger charge is -2.10. The van der Waals surface area contributed by atoms with Crippen molar-refractivity contribution in [2.45, 2.75) is 59.4 Å². The van der Waals surface area contributed by atoms with E-state index in [0.29, 0.717) is 6.54 Å². The zero-order valence-electron chi connectivity index (χ0n) is 21.5. The third kappa shape index (κ3) is 15.8. The molecule has 32 heavy (non-hydrogen) atoms. The highest BCUT2D eigenvalue weighted by molar-refractivity contribution is 5.35. The van der Waals surface area contributed by atoms with Crippen LogP contribution in [0.15, 0.2) is 42.5 Å². The maximum absolute atomic E-state index is 7.00. The molecular formula is C27H48N2O3. The van der Waals surface area contributed by atoms with Crippen LogP contribution in [0.25, 0.3) is 0 Å². The number of benzene rings is 2. The molecule has 2 aromatic carbocycles. The molecule has 184 valence electrons. The minimum absolute atomic E-state index is 0.568. The molecule has 5 nitrogen and oxygen atoms in total. The summed E-state index contributed by atoms with van der Waals surface area (Å²) < 4.78 is 9.51. The van der Waals surface area contributed by atoms with Crippen molar-refractivity contribution in [2.75, 3.05) is 41.5 Å². The number of hydrogen-bond donors (Lipinski definition) is 3. The predicted molar refractivity (Wildman–Crippen MR) is 139 cm³/mol. The van der Waals surface area contributed by atoms with Crippen LogP contribution in [-0.2, 0) is 24.1 Å². The van der Waals surface area contributed by atoms with Crippen LogP contribution in [0.4, 0.5) is 0 Å². The summed E-state index contributed by atoms with van der Waals surface area (Å²) in [6.45, 7) is 8.86. The number of nitrogens with two attached hydrogens (primary N) is 1. The summed E-state index contributed by atoms with van der Waals surface area (Å²) in [6.07, 6.45) is 5.84. The molecule has 4 N–H and O–H groups in total. The Bertz CT molecular complexity index is 646. The van der Waals surface area contributed by atoms with Crippen molar-refractivity contribution in [2.24, 2.45) is 5.73 Å². The molecule has 0 aliphatic rings. The summed E-state index contributed by atoms with van der Waals surface area (Å²) in [6, 6.07) is 15.1. The lowest BCUT2D eigenvalue weighted by atomic mass is 10.0. The van der Waals surface area contributed by atoms with Crippen molar-refractivity contribution in [3.8, 4) is 5.75 Å². The van der Waals surface area contributed by atoms with Crippen molar-refractivity contribution in [3.05, 3.63) is 64.7 Å². The van der Waals surface area contributed by atoms with Gasteiger partial charge in [-0.1, -0.05) is 49.7 Å². The van der Waals surface area contributed by atoms with Gasteiger partial charge < -0.3 is 25.6 Å². The molecule has 0 unspecified atom stereocenters. The zero-order chi connectivity index (χ0) is 24.6. The SMILES string of the molecule is CC.CO.COC.COc1ccc(CCCNCCCCc2ccc(C)cc2)c(CN)c1. The highest BCUT2D eigenvalue weighted by Crippen LogP contribution is 2.18. The normalized spacial score (nSPS) is 9.41. The lowest BCUT2D eigenvalue weighted by Crippen LogP contribution is -2.17. The van der Waals surface area contributed by atoms with E-state index in [1.165, 1.54) is 41.5 Å². The first-order valence-electron chi connectivity index (χ1n) is 11.6. The van der Waals surface area contributed by atoms with Gasteiger partial charge in [0.1, 0.15) is 5.75 Å². The maximum Gasteiger partial charge on any atom is 0.119 e. The number of hydrogen-bond acceptors (Lipinski definition) is 5. The Morgan fingerprint density at radius 1 is 0.812 bits per heavy atom. The van der Waals surface area contributed by atoms with Gasteiger partial charge in [-0.25, -0.2) is 0 Å². The largest absolute Gasteiger partial charge is 0.497 e. The first-order valence-corrected chi connectivity index (χ1v) is 11.6. The third-order valence-corrected chi connectivity index (χ3v) is 4.62. The van der Waals surface area contributed by atoms with E-state index in [2.05, 4.69) is 47.3 Å². The monoisotopic (exact) mass is 448 g/mol. The molecule has 0 fully saturated rings. The molecule has 0 aromatic heterocycles. The first kappa shape index (κ1) is 32.3. The van der Waals surface area contributed by atoms with Gasteiger partial charge >= 0.3 is 0 Å². The van der Waals surface area contributed by atoms with Gasteiger partial charge in [-0.3, -0.25) is 0 Å². The molecule has 2 aromatic rings. The average molecular weight is 449 g/mol. The van der Waals surface area contributed by atoms with E-state index >= 15 is 0 Å². The second kappa shape index (κ2) is 23.7. The van der Waals surface area contributed by atoms with Crippen molar-refractivity contribution in [1.29, 1.82) is 0 Å². The highest BCUT2D eigenvalue weighted by atomic mass is 16.5. The van der Waals surface area contributed by atoms with E-state index in [1.807, 2.05) is 26.0 Å². The van der Waals surface area contributed by atoms with Gasteiger partial charge in [0.15, 0.2) is 0 Å². The number of nitrogens with one attached hydrogen (secondary N) is 1. The molecule has 0 amide bonds. The van der Waals surface area contributed by atoms with Crippen molar-refractivity contribution in [3.63, 3.8) is 0 Å². The number of ether oxygens (including phenoxy) is 2. The fourth-order valence-electron chi connectivity index (χ4n) is 3.03. The quantitative estimate of drug-likeness (QED) is 0.426. The Morgan fingerprint density at radius 3 is 1.97 bits per heavy atom. The van der Waals surface area contributed by atoms with Crippen molar-refractivity contribution < 1.29 is 14.6 Å². The fraction of sp³-hybridized carbons (Fsp3) is 0.556. The third-order valence-electron chi connectivity index (χ3n) is 4.62. The summed E-state index contributed by atoms with van der Waals surface area (Å²) in [4.78, 5) is 0. The van der Waals surface area contributed by atoms with E-state index in [1.54, 1.807) is 21.3 Å². The van der Waals surface area contributed by atoms with E-state index in [0.717, 1.165) is 38.8 Å². The molecule has 0 bridgehead atoms. The first-order chi connectivity index (χ1) is 15.6. The highest BCUT2D eigenvalue weighted by Gasteiger charge is 2.03. The molecule has 0 heterocycles. The molecule has 0 spiro atoms. The second-order valence-corrected chi connectivity index (χ2v) is 7.04. The molecule has 0 aliphatic carbocycles. The van der Waals surface area contributed by atoms with Crippen LogP contribution in [0.1, 0.15) is 55.4 Å². The molecule has 0 atom stereocenters. The van der Waals surface area contributed by atoms with Gasteiger partial charge in [-0.05, 0) is 80.9 Å². The molecule has 0 saturated carbocycles. The summed E-state index contributed by atoms with van der Waals surface area (Å²) in [5.41, 5.74) is 11.2. The standard InChI is InChI=1S/C22H32N2O.C2H6O.C2H6.CH4O/c1-18-8-10-19(11-9-18)6-3-4-14-24-15-5-7-20-12-13-22(25-2)16-21(20)17-23;1-3-2;2*1-2/h8-13,16,24H,3-7,14-15,17,23H2,1-2H3;1-2H3;1-2H3;2H,1H3. The van der Waals surface area contributed by atoms with E-state index in [-0.39, 0.29) is 0 Å². The Hall–Kier alpha value is -1.92. The van der Waals surface area contributed by atoms with Crippen LogP contribution in [0.3, 0.4) is 0 Å². The molecule has 0 aliphatic heterocycles. The molecule has 2 rings (SSSR count). The Labute approximate surface area is 197 Å². The van der Waals surface area contributed by atoms with Crippen LogP contribution in [0, 0.1) is 6.92 Å². The molecule has 0 saturated heterocycles. The van der Waals surface area contributed by atoms with Crippen LogP contribution in [0.2, 0.25) is 0 Å². The lowest BCUT2D eigenvalue weighted by molar-refractivity contribution is 0.277. The predicted octanol–water partition coefficient (Wildman–Crippen LogP) is 4.90. The van der Waals surface area contributed by atoms with Gasteiger partial charge in [0.25, 0.3) is 0 Å². The maximum atomic E-state index is 7.00. The summed E-state index contributed by atoms with van der Waals surface area (Å²) >= 11 is 0. The Balaban J connectivity index is 0. The smallest absolute Gasteiger partial charge is 0.119 e. The summed E-state index contributed by atoms with van der Waals surface area (Å²) in [5.74, 6) is 0.885. The van der Waals surface area contributed by atoms with E-state index in [4.69, 9.17) is 15.6 Å². The van der Waals surface area contributed by atoms with Crippen LogP contribution in [-0.4, -0.2) is 46.6 Å². The minimum atomic E-state index is 0.568. The van der Waals surface area contributed by atoms with Gasteiger partial charge in [0.2, 0.25) is 0 Å². The van der Waals surface area contributed by atoms with Crippen LogP contribution >= 0.6 is 0 Å². The summed E-state index contributed by atoms with van der Waals surface area (Å²) in [5, 5.41) is 10.6. The number of aryl methyl sites for hydroxylation is 3. The zero-order valence-corrected chi connectivity index (χ0v) is 21.5. The van der Waals surface area contributed by atoms with Crippen molar-refractivity contribution >= 4 is 0 Å². The van der Waals surface area contributed by atoms with Gasteiger partial charge in [-0.2, -0.15) is 0 Å². The second-order valence-electron chi connectivity index (χ2n) is 7.04. The fourth-order valence-corrected chi connectivity index (χ4v) is 3.03. The van der Waals surface area contributed by atoms with Gasteiger partial charge in [0.05, 0.1) is 7.11 Å². The average Bonchev–Trinajstić information content (AvgIpc) is 2.85. The number of aliphatic hydroxyl groups is 1. The number of aliphatic hydroxyl groups excluding tert-OH is 1. The number of methoxy groups -OCH3 is 2.